The van der Waals surface area contributed by atoms with E-state index >= 15 is 0 Å². The Labute approximate surface area is 139 Å². The largest absolute Gasteiger partial charge is 0.426 e. The molecule has 2 aromatic carbocycles. The summed E-state index contributed by atoms with van der Waals surface area (Å²) in [5.74, 6) is 0.0187. The first kappa shape index (κ1) is 16.0. The van der Waals surface area contributed by atoms with Gasteiger partial charge < -0.3 is 9.15 Å². The van der Waals surface area contributed by atoms with Crippen LogP contribution in [-0.4, -0.2) is 5.97 Å². The van der Waals surface area contributed by atoms with Crippen molar-refractivity contribution in [2.24, 2.45) is 0 Å². The normalized spacial score (nSPS) is 10.8. The summed E-state index contributed by atoms with van der Waals surface area (Å²) in [4.78, 5) is 23.8. The summed E-state index contributed by atoms with van der Waals surface area (Å²) in [7, 11) is 0. The molecule has 0 aliphatic rings. The van der Waals surface area contributed by atoms with Gasteiger partial charge in [0.2, 0.25) is 0 Å². The molecule has 3 aromatic rings. The van der Waals surface area contributed by atoms with Crippen LogP contribution in [0.2, 0.25) is 0 Å². The number of fused-ring (bicyclic) bond motifs is 1. The average molecular weight is 322 g/mol. The Kier molecular flexibility index (Phi) is 4.21. The fourth-order valence-electron chi connectivity index (χ4n) is 2.88. The second-order valence-electron chi connectivity index (χ2n) is 5.89. The van der Waals surface area contributed by atoms with Gasteiger partial charge in [-0.1, -0.05) is 30.3 Å². The predicted molar refractivity (Wildman–Crippen MR) is 92.5 cm³/mol. The summed E-state index contributed by atoms with van der Waals surface area (Å²) in [5.41, 5.74) is 3.31. The number of carbonyl (C=O) groups is 1. The van der Waals surface area contributed by atoms with Crippen LogP contribution < -0.4 is 10.4 Å². The molecule has 122 valence electrons. The molecule has 0 aliphatic carbocycles. The fraction of sp³-hybridized carbons (Fsp3) is 0.200. The third kappa shape index (κ3) is 3.08. The summed E-state index contributed by atoms with van der Waals surface area (Å²) in [6.07, 6.45) is 0.471. The SMILES string of the molecule is CC(=O)Oc1cc(C)cc2oc(=O)c(Cc3ccccc3)c(C)c12. The fourth-order valence-corrected chi connectivity index (χ4v) is 2.88. The van der Waals surface area contributed by atoms with Crippen LogP contribution in [0.1, 0.15) is 29.2 Å². The van der Waals surface area contributed by atoms with Crippen molar-refractivity contribution in [1.29, 1.82) is 0 Å². The number of aryl methyl sites for hydroxylation is 2. The van der Waals surface area contributed by atoms with Crippen LogP contribution in [0.4, 0.5) is 0 Å². The number of esters is 1. The highest BCUT2D eigenvalue weighted by atomic mass is 16.5. The molecule has 0 radical (unpaired) electrons. The first-order valence-corrected chi connectivity index (χ1v) is 7.75. The lowest BCUT2D eigenvalue weighted by Crippen LogP contribution is -2.12. The summed E-state index contributed by atoms with van der Waals surface area (Å²) >= 11 is 0. The van der Waals surface area contributed by atoms with E-state index in [0.717, 1.165) is 16.7 Å². The topological polar surface area (TPSA) is 56.5 Å². The van der Waals surface area contributed by atoms with Crippen molar-refractivity contribution < 1.29 is 13.9 Å². The number of ether oxygens (including phenoxy) is 1. The minimum absolute atomic E-state index is 0.358. The van der Waals surface area contributed by atoms with E-state index in [4.69, 9.17) is 9.15 Å². The Hall–Kier alpha value is -2.88. The van der Waals surface area contributed by atoms with Gasteiger partial charge in [-0.15, -0.1) is 0 Å². The van der Waals surface area contributed by atoms with E-state index in [-0.39, 0.29) is 5.63 Å². The zero-order valence-corrected chi connectivity index (χ0v) is 13.9. The molecule has 0 N–H and O–H groups in total. The van der Waals surface area contributed by atoms with E-state index in [1.165, 1.54) is 6.92 Å². The minimum atomic E-state index is -0.405. The number of benzene rings is 2. The molecule has 0 fully saturated rings. The van der Waals surface area contributed by atoms with Gasteiger partial charge in [0.15, 0.2) is 0 Å². The molecule has 0 saturated heterocycles. The van der Waals surface area contributed by atoms with Gasteiger partial charge in [-0.2, -0.15) is 0 Å². The van der Waals surface area contributed by atoms with E-state index < -0.39 is 5.97 Å². The predicted octanol–water partition coefficient (Wildman–Crippen LogP) is 3.93. The zero-order chi connectivity index (χ0) is 17.3. The quantitative estimate of drug-likeness (QED) is 0.416. The third-order valence-electron chi connectivity index (χ3n) is 3.96. The van der Waals surface area contributed by atoms with E-state index in [1.807, 2.05) is 44.2 Å². The van der Waals surface area contributed by atoms with Crippen LogP contribution in [0.3, 0.4) is 0 Å². The summed E-state index contributed by atoms with van der Waals surface area (Å²) in [6, 6.07) is 13.3. The molecular formula is C20H18O4. The second kappa shape index (κ2) is 6.32. The van der Waals surface area contributed by atoms with Crippen molar-refractivity contribution in [2.45, 2.75) is 27.2 Å². The van der Waals surface area contributed by atoms with Crippen LogP contribution >= 0.6 is 0 Å². The summed E-state index contributed by atoms with van der Waals surface area (Å²) in [6.45, 7) is 5.08. The maximum Gasteiger partial charge on any atom is 0.340 e. The van der Waals surface area contributed by atoms with Gasteiger partial charge >= 0.3 is 11.6 Å². The smallest absolute Gasteiger partial charge is 0.340 e. The van der Waals surface area contributed by atoms with Crippen LogP contribution in [0.15, 0.2) is 51.7 Å². The van der Waals surface area contributed by atoms with Gasteiger partial charge in [-0.25, -0.2) is 4.79 Å². The lowest BCUT2D eigenvalue weighted by atomic mass is 9.98. The number of hydrogen-bond acceptors (Lipinski definition) is 4. The van der Waals surface area contributed by atoms with Gasteiger partial charge in [0, 0.05) is 18.9 Å². The average Bonchev–Trinajstić information content (AvgIpc) is 2.51. The monoisotopic (exact) mass is 322 g/mol. The molecule has 0 atom stereocenters. The van der Waals surface area contributed by atoms with Gasteiger partial charge in [0.1, 0.15) is 11.3 Å². The highest BCUT2D eigenvalue weighted by molar-refractivity contribution is 5.90. The number of rotatable bonds is 3. The van der Waals surface area contributed by atoms with E-state index in [9.17, 15) is 9.59 Å². The van der Waals surface area contributed by atoms with Gasteiger partial charge in [0.25, 0.3) is 0 Å². The van der Waals surface area contributed by atoms with Gasteiger partial charge in [-0.3, -0.25) is 4.79 Å². The highest BCUT2D eigenvalue weighted by Crippen LogP contribution is 2.31. The minimum Gasteiger partial charge on any atom is -0.426 e. The van der Waals surface area contributed by atoms with Gasteiger partial charge in [0.05, 0.1) is 5.39 Å². The van der Waals surface area contributed by atoms with Crippen molar-refractivity contribution in [3.8, 4) is 5.75 Å². The highest BCUT2D eigenvalue weighted by Gasteiger charge is 2.17. The molecule has 0 amide bonds. The Morgan fingerprint density at radius 2 is 1.83 bits per heavy atom. The van der Waals surface area contributed by atoms with Crippen molar-refractivity contribution in [3.63, 3.8) is 0 Å². The Bertz CT molecular complexity index is 968. The molecular weight excluding hydrogens is 304 g/mol. The van der Waals surface area contributed by atoms with Crippen molar-refractivity contribution >= 4 is 16.9 Å². The van der Waals surface area contributed by atoms with E-state index in [0.29, 0.717) is 28.7 Å². The summed E-state index contributed by atoms with van der Waals surface area (Å²) in [5, 5.41) is 0.668. The third-order valence-corrected chi connectivity index (χ3v) is 3.96. The van der Waals surface area contributed by atoms with Gasteiger partial charge in [-0.05, 0) is 42.7 Å². The van der Waals surface area contributed by atoms with Crippen LogP contribution in [0.5, 0.6) is 5.75 Å². The number of carbonyl (C=O) groups excluding carboxylic acids is 1. The Morgan fingerprint density at radius 3 is 2.50 bits per heavy atom. The Balaban J connectivity index is 2.23. The number of hydrogen-bond donors (Lipinski definition) is 0. The van der Waals surface area contributed by atoms with E-state index in [1.54, 1.807) is 12.1 Å². The Morgan fingerprint density at radius 1 is 1.12 bits per heavy atom. The maximum absolute atomic E-state index is 12.4. The molecule has 0 bridgehead atoms. The lowest BCUT2D eigenvalue weighted by Gasteiger charge is -2.12. The molecule has 0 spiro atoms. The van der Waals surface area contributed by atoms with Crippen LogP contribution in [0.25, 0.3) is 11.0 Å². The van der Waals surface area contributed by atoms with E-state index in [2.05, 4.69) is 0 Å². The molecule has 0 unspecified atom stereocenters. The first-order chi connectivity index (χ1) is 11.5. The van der Waals surface area contributed by atoms with Crippen LogP contribution in [-0.2, 0) is 11.2 Å². The zero-order valence-electron chi connectivity index (χ0n) is 13.9. The lowest BCUT2D eigenvalue weighted by molar-refractivity contribution is -0.131. The molecule has 24 heavy (non-hydrogen) atoms. The molecule has 3 rings (SSSR count). The first-order valence-electron chi connectivity index (χ1n) is 7.75. The summed E-state index contributed by atoms with van der Waals surface area (Å²) < 4.78 is 10.8. The molecule has 0 aliphatic heterocycles. The second-order valence-corrected chi connectivity index (χ2v) is 5.89. The molecule has 4 nitrogen and oxygen atoms in total. The molecule has 4 heteroatoms. The van der Waals surface area contributed by atoms with Crippen LogP contribution in [0, 0.1) is 13.8 Å². The molecule has 0 saturated carbocycles. The van der Waals surface area contributed by atoms with Crippen molar-refractivity contribution in [1.82, 2.24) is 0 Å². The van der Waals surface area contributed by atoms with Crippen molar-refractivity contribution in [2.75, 3.05) is 0 Å². The standard InChI is InChI=1S/C20H18O4/c1-12-9-17(23-14(3)21)19-13(2)16(20(22)24-18(19)10-12)11-15-7-5-4-6-8-15/h4-10H,11H2,1-3H3. The van der Waals surface area contributed by atoms with Crippen molar-refractivity contribution in [3.05, 3.63) is 75.1 Å². The maximum atomic E-state index is 12.4. The molecule has 1 aromatic heterocycles. The molecule has 1 heterocycles.